The van der Waals surface area contributed by atoms with Crippen LogP contribution in [-0.4, -0.2) is 39.3 Å². The summed E-state index contributed by atoms with van der Waals surface area (Å²) in [6, 6.07) is 1.36. The number of hydrogen-bond donors (Lipinski definition) is 1. The van der Waals surface area contributed by atoms with E-state index in [-0.39, 0.29) is 18.2 Å². The lowest BCUT2D eigenvalue weighted by atomic mass is 9.98. The molecule has 1 N–H and O–H groups in total. The number of carbonyl (C=O) groups excluding carboxylic acids is 3. The van der Waals surface area contributed by atoms with Gasteiger partial charge in [0.05, 0.1) is 6.54 Å². The van der Waals surface area contributed by atoms with E-state index >= 15 is 0 Å². The Hall–Kier alpha value is -2.37. The summed E-state index contributed by atoms with van der Waals surface area (Å²) in [4.78, 5) is 38.6. The van der Waals surface area contributed by atoms with Crippen LogP contribution in [0.3, 0.4) is 0 Å². The van der Waals surface area contributed by atoms with Crippen molar-refractivity contribution >= 4 is 17.7 Å². The minimum Gasteiger partial charge on any atom is -0.345 e. The van der Waals surface area contributed by atoms with Gasteiger partial charge in [0, 0.05) is 23.5 Å². The van der Waals surface area contributed by atoms with E-state index in [1.165, 1.54) is 0 Å². The zero-order chi connectivity index (χ0) is 17.5. The number of nitrogens with zero attached hydrogens (tertiary/aromatic N) is 2. The van der Waals surface area contributed by atoms with Crippen LogP contribution < -0.4 is 5.32 Å². The maximum Gasteiger partial charge on any atom is 0.325 e. The number of imide groups is 1. The molecule has 0 radical (unpaired) electrons. The fraction of sp³-hybridized carbons (Fsp3) is 0.500. The number of hydrogen-bond acceptors (Lipinski definition) is 3. The van der Waals surface area contributed by atoms with Gasteiger partial charge < -0.3 is 9.88 Å². The second-order valence-electron chi connectivity index (χ2n) is 6.72. The van der Waals surface area contributed by atoms with Crippen LogP contribution in [0.2, 0.25) is 0 Å². The molecular weight excluding hydrogens is 306 g/mol. The third kappa shape index (κ3) is 2.46. The molecule has 1 saturated carbocycles. The Morgan fingerprint density at radius 3 is 2.62 bits per heavy atom. The molecule has 2 fully saturated rings. The lowest BCUT2D eigenvalue weighted by Crippen LogP contribution is -2.44. The van der Waals surface area contributed by atoms with Crippen LogP contribution in [0.15, 0.2) is 18.7 Å². The number of urea groups is 1. The first kappa shape index (κ1) is 16.5. The highest BCUT2D eigenvalue weighted by atomic mass is 16.2. The van der Waals surface area contributed by atoms with Gasteiger partial charge in [-0.3, -0.25) is 14.5 Å². The quantitative estimate of drug-likeness (QED) is 0.512. The number of aryl methyl sites for hydroxylation is 1. The summed E-state index contributed by atoms with van der Waals surface area (Å²) >= 11 is 0. The van der Waals surface area contributed by atoms with Gasteiger partial charge in [-0.25, -0.2) is 4.79 Å². The highest BCUT2D eigenvalue weighted by Crippen LogP contribution is 2.35. The minimum absolute atomic E-state index is 0.204. The second-order valence-corrected chi connectivity index (χ2v) is 6.72. The van der Waals surface area contributed by atoms with Gasteiger partial charge in [0.25, 0.3) is 5.91 Å². The number of amides is 3. The standard InChI is InChI=1S/C18H23N3O3/c1-4-9-20-12(2)10-14(13(20)3)15(22)11-21-16(23)18(19-17(21)24)7-5-6-8-18/h4,10H,1,5-9,11H2,2-3H3,(H,19,24). The van der Waals surface area contributed by atoms with Crippen molar-refractivity contribution in [1.82, 2.24) is 14.8 Å². The first-order chi connectivity index (χ1) is 11.4. The molecule has 3 amide bonds. The van der Waals surface area contributed by atoms with E-state index in [4.69, 9.17) is 0 Å². The molecular formula is C18H23N3O3. The first-order valence-electron chi connectivity index (χ1n) is 8.34. The summed E-state index contributed by atoms with van der Waals surface area (Å²) in [5.74, 6) is -0.463. The van der Waals surface area contributed by atoms with Crippen molar-refractivity contribution in [2.45, 2.75) is 51.6 Å². The van der Waals surface area contributed by atoms with Crippen molar-refractivity contribution in [3.63, 3.8) is 0 Å². The van der Waals surface area contributed by atoms with Crippen molar-refractivity contribution in [3.8, 4) is 0 Å². The summed E-state index contributed by atoms with van der Waals surface area (Å²) in [5, 5.41) is 2.80. The van der Waals surface area contributed by atoms with Crippen LogP contribution in [0.25, 0.3) is 0 Å². The van der Waals surface area contributed by atoms with E-state index in [0.29, 0.717) is 24.9 Å². The van der Waals surface area contributed by atoms with E-state index in [1.807, 2.05) is 24.5 Å². The predicted molar refractivity (Wildman–Crippen MR) is 89.9 cm³/mol. The molecule has 6 heteroatoms. The van der Waals surface area contributed by atoms with Crippen LogP contribution in [0.4, 0.5) is 4.79 Å². The fourth-order valence-electron chi connectivity index (χ4n) is 3.86. The Bertz CT molecular complexity index is 726. The first-order valence-corrected chi connectivity index (χ1v) is 8.34. The Morgan fingerprint density at radius 2 is 2.00 bits per heavy atom. The van der Waals surface area contributed by atoms with Gasteiger partial charge >= 0.3 is 6.03 Å². The molecule has 6 nitrogen and oxygen atoms in total. The second kappa shape index (κ2) is 5.92. The molecule has 1 aromatic rings. The molecule has 1 aliphatic carbocycles. The maximum absolute atomic E-state index is 12.7. The molecule has 1 saturated heterocycles. The van der Waals surface area contributed by atoms with Gasteiger partial charge in [0.15, 0.2) is 5.78 Å². The summed E-state index contributed by atoms with van der Waals surface area (Å²) in [5.41, 5.74) is 1.58. The number of rotatable bonds is 5. The zero-order valence-electron chi connectivity index (χ0n) is 14.2. The van der Waals surface area contributed by atoms with E-state index < -0.39 is 11.6 Å². The number of ketones is 1. The molecule has 3 rings (SSSR count). The number of nitrogens with one attached hydrogen (secondary N) is 1. The number of allylic oxidation sites excluding steroid dienone is 1. The SMILES string of the molecule is C=CCn1c(C)cc(C(=O)CN2C(=O)NC3(CCCC3)C2=O)c1C. The third-order valence-corrected chi connectivity index (χ3v) is 5.19. The Morgan fingerprint density at radius 1 is 1.33 bits per heavy atom. The van der Waals surface area contributed by atoms with Crippen LogP contribution in [0, 0.1) is 13.8 Å². The van der Waals surface area contributed by atoms with Crippen molar-refractivity contribution in [2.24, 2.45) is 0 Å². The zero-order valence-corrected chi connectivity index (χ0v) is 14.2. The number of Topliss-reactive ketones (excluding diaryl/α,β-unsaturated/α-hetero) is 1. The van der Waals surface area contributed by atoms with E-state index in [1.54, 1.807) is 6.08 Å². The van der Waals surface area contributed by atoms with Crippen molar-refractivity contribution < 1.29 is 14.4 Å². The number of aromatic nitrogens is 1. The van der Waals surface area contributed by atoms with Crippen LogP contribution in [0.5, 0.6) is 0 Å². The molecule has 1 spiro atoms. The highest BCUT2D eigenvalue weighted by Gasteiger charge is 2.52. The molecule has 2 heterocycles. The molecule has 0 unspecified atom stereocenters. The van der Waals surface area contributed by atoms with Crippen molar-refractivity contribution in [3.05, 3.63) is 35.7 Å². The maximum atomic E-state index is 12.7. The van der Waals surface area contributed by atoms with Crippen molar-refractivity contribution in [2.75, 3.05) is 6.54 Å². The monoisotopic (exact) mass is 329 g/mol. The molecule has 128 valence electrons. The Balaban J connectivity index is 1.80. The highest BCUT2D eigenvalue weighted by molar-refractivity contribution is 6.11. The Labute approximate surface area is 141 Å². The van der Waals surface area contributed by atoms with Gasteiger partial charge in [-0.15, -0.1) is 6.58 Å². The molecule has 24 heavy (non-hydrogen) atoms. The minimum atomic E-state index is -0.767. The smallest absolute Gasteiger partial charge is 0.325 e. The number of carbonyl (C=O) groups is 3. The molecule has 0 bridgehead atoms. The topological polar surface area (TPSA) is 71.4 Å². The fourth-order valence-corrected chi connectivity index (χ4v) is 3.86. The van der Waals surface area contributed by atoms with Gasteiger partial charge in [-0.1, -0.05) is 18.9 Å². The molecule has 1 aromatic heterocycles. The average molecular weight is 329 g/mol. The van der Waals surface area contributed by atoms with Crippen LogP contribution >= 0.6 is 0 Å². The normalized spacial score (nSPS) is 19.2. The van der Waals surface area contributed by atoms with Gasteiger partial charge in [0.1, 0.15) is 5.54 Å². The van der Waals surface area contributed by atoms with Gasteiger partial charge in [0.2, 0.25) is 0 Å². The lowest BCUT2D eigenvalue weighted by Gasteiger charge is -2.19. The third-order valence-electron chi connectivity index (χ3n) is 5.19. The summed E-state index contributed by atoms with van der Waals surface area (Å²) in [7, 11) is 0. The van der Waals surface area contributed by atoms with E-state index in [9.17, 15) is 14.4 Å². The van der Waals surface area contributed by atoms with Crippen LogP contribution in [0.1, 0.15) is 47.4 Å². The summed E-state index contributed by atoms with van der Waals surface area (Å²) < 4.78 is 1.99. The summed E-state index contributed by atoms with van der Waals surface area (Å²) in [6.07, 6.45) is 4.95. The van der Waals surface area contributed by atoms with E-state index in [2.05, 4.69) is 11.9 Å². The lowest BCUT2D eigenvalue weighted by molar-refractivity contribution is -0.130. The average Bonchev–Trinajstić information content (AvgIpc) is 3.18. The van der Waals surface area contributed by atoms with Gasteiger partial charge in [-0.05, 0) is 32.8 Å². The predicted octanol–water partition coefficient (Wildman–Crippen LogP) is 2.34. The van der Waals surface area contributed by atoms with Crippen molar-refractivity contribution in [1.29, 1.82) is 0 Å². The van der Waals surface area contributed by atoms with Gasteiger partial charge in [-0.2, -0.15) is 0 Å². The summed E-state index contributed by atoms with van der Waals surface area (Å²) in [6.45, 7) is 7.94. The molecule has 0 aromatic carbocycles. The molecule has 2 aliphatic rings. The largest absolute Gasteiger partial charge is 0.345 e. The molecule has 1 aliphatic heterocycles. The Kier molecular flexibility index (Phi) is 4.07. The van der Waals surface area contributed by atoms with Crippen LogP contribution in [-0.2, 0) is 11.3 Å². The van der Waals surface area contributed by atoms with E-state index in [0.717, 1.165) is 29.1 Å². The molecule has 0 atom stereocenters.